The van der Waals surface area contributed by atoms with Gasteiger partial charge in [0.25, 0.3) is 5.91 Å². The number of amides is 1. The minimum Gasteiger partial charge on any atom is -0.461 e. The van der Waals surface area contributed by atoms with Crippen molar-refractivity contribution in [3.05, 3.63) is 58.4 Å². The molecule has 1 aromatic heterocycles. The number of benzene rings is 1. The first-order chi connectivity index (χ1) is 15.8. The molecule has 1 aromatic carbocycles. The number of ether oxygens (including phenoxy) is 2. The number of aromatic nitrogens is 1. The van der Waals surface area contributed by atoms with Crippen LogP contribution in [0.3, 0.4) is 0 Å². The summed E-state index contributed by atoms with van der Waals surface area (Å²) in [5, 5.41) is 0. The maximum atomic E-state index is 13.7. The Morgan fingerprint density at radius 1 is 1.03 bits per heavy atom. The van der Waals surface area contributed by atoms with Gasteiger partial charge in [-0.3, -0.25) is 9.59 Å². The fraction of sp³-hybridized carbons (Fsp3) is 0.500. The molecule has 0 N–H and O–H groups in total. The van der Waals surface area contributed by atoms with Gasteiger partial charge in [-0.25, -0.2) is 4.79 Å². The van der Waals surface area contributed by atoms with Crippen LogP contribution >= 0.6 is 0 Å². The first kappa shape index (κ1) is 26.3. The third kappa shape index (κ3) is 5.90. The lowest BCUT2D eigenvalue weighted by molar-refractivity contribution is 0.0512. The zero-order valence-corrected chi connectivity index (χ0v) is 20.6. The fourth-order valence-electron chi connectivity index (χ4n) is 4.17. The molecule has 0 bridgehead atoms. The van der Waals surface area contributed by atoms with Crippen LogP contribution in [0.4, 0.5) is 0 Å². The quantitative estimate of drug-likeness (QED) is 0.268. The topological polar surface area (TPSA) is 77.8 Å². The van der Waals surface area contributed by atoms with E-state index < -0.39 is 12.0 Å². The molecule has 0 fully saturated rings. The molecule has 7 heteroatoms. The molecule has 0 spiro atoms. The standard InChI is InChI=1S/C26H36N2O5/c1-7-27-19(5)22(18(4)23(27)26(31)33-9-3)24(29)20(6)28(16-13-17-32-8-2)25(30)21-14-11-10-12-15-21/h10-12,14-15,20H,7-9,13,16-17H2,1-6H3. The molecule has 2 aromatic rings. The van der Waals surface area contributed by atoms with Crippen LogP contribution in [0.2, 0.25) is 0 Å². The van der Waals surface area contributed by atoms with Crippen LogP contribution in [0.15, 0.2) is 30.3 Å². The molecular weight excluding hydrogens is 420 g/mol. The van der Waals surface area contributed by atoms with Crippen LogP contribution < -0.4 is 0 Å². The second-order valence-electron chi connectivity index (χ2n) is 7.85. The molecule has 7 nitrogen and oxygen atoms in total. The average Bonchev–Trinajstić information content (AvgIpc) is 3.07. The maximum absolute atomic E-state index is 13.7. The number of hydrogen-bond acceptors (Lipinski definition) is 5. The minimum atomic E-state index is -0.709. The first-order valence-electron chi connectivity index (χ1n) is 11.6. The van der Waals surface area contributed by atoms with Crippen molar-refractivity contribution in [3.8, 4) is 0 Å². The number of carbonyl (C=O) groups is 3. The molecule has 0 saturated carbocycles. The third-order valence-electron chi connectivity index (χ3n) is 5.82. The molecule has 180 valence electrons. The van der Waals surface area contributed by atoms with E-state index in [1.54, 1.807) is 49.9 Å². The van der Waals surface area contributed by atoms with Crippen molar-refractivity contribution < 1.29 is 23.9 Å². The van der Waals surface area contributed by atoms with Gasteiger partial charge in [0.05, 0.1) is 12.6 Å². The van der Waals surface area contributed by atoms with Gasteiger partial charge in [-0.15, -0.1) is 0 Å². The molecule has 0 aliphatic heterocycles. The summed E-state index contributed by atoms with van der Waals surface area (Å²) in [6, 6.07) is 8.25. The van der Waals surface area contributed by atoms with E-state index in [1.165, 1.54) is 0 Å². The molecule has 0 saturated heterocycles. The zero-order valence-electron chi connectivity index (χ0n) is 20.6. The van der Waals surface area contributed by atoms with Crippen LogP contribution in [0.25, 0.3) is 0 Å². The van der Waals surface area contributed by atoms with Crippen LogP contribution in [-0.4, -0.2) is 59.5 Å². The van der Waals surface area contributed by atoms with E-state index in [0.29, 0.717) is 60.8 Å². The van der Waals surface area contributed by atoms with E-state index in [2.05, 4.69) is 0 Å². The summed E-state index contributed by atoms with van der Waals surface area (Å²) in [7, 11) is 0. The van der Waals surface area contributed by atoms with E-state index >= 15 is 0 Å². The molecule has 1 atom stereocenters. The predicted molar refractivity (Wildman–Crippen MR) is 128 cm³/mol. The lowest BCUT2D eigenvalue weighted by Crippen LogP contribution is -2.44. The lowest BCUT2D eigenvalue weighted by Gasteiger charge is -2.29. The molecule has 1 unspecified atom stereocenters. The van der Waals surface area contributed by atoms with Gasteiger partial charge in [0.15, 0.2) is 5.78 Å². The second kappa shape index (κ2) is 12.3. The Morgan fingerprint density at radius 2 is 1.70 bits per heavy atom. The summed E-state index contributed by atoms with van der Waals surface area (Å²) in [6.07, 6.45) is 0.617. The van der Waals surface area contributed by atoms with Crippen molar-refractivity contribution >= 4 is 17.7 Å². The van der Waals surface area contributed by atoms with Crippen LogP contribution in [-0.2, 0) is 16.0 Å². The Kier molecular flexibility index (Phi) is 9.85. The molecule has 0 aliphatic rings. The van der Waals surface area contributed by atoms with E-state index in [-0.39, 0.29) is 18.3 Å². The van der Waals surface area contributed by atoms with Crippen molar-refractivity contribution in [2.75, 3.05) is 26.4 Å². The predicted octanol–water partition coefficient (Wildman–Crippen LogP) is 4.44. The maximum Gasteiger partial charge on any atom is 0.355 e. The van der Waals surface area contributed by atoms with Gasteiger partial charge in [0.2, 0.25) is 0 Å². The van der Waals surface area contributed by atoms with Gasteiger partial charge in [0, 0.05) is 43.1 Å². The molecule has 33 heavy (non-hydrogen) atoms. The van der Waals surface area contributed by atoms with Crippen molar-refractivity contribution in [2.45, 2.75) is 60.5 Å². The number of Topliss-reactive ketones (excluding diaryl/α,β-unsaturated/α-hetero) is 1. The Morgan fingerprint density at radius 3 is 2.27 bits per heavy atom. The highest BCUT2D eigenvalue weighted by molar-refractivity contribution is 6.07. The summed E-state index contributed by atoms with van der Waals surface area (Å²) in [4.78, 5) is 41.3. The van der Waals surface area contributed by atoms with Crippen molar-refractivity contribution in [1.29, 1.82) is 0 Å². The van der Waals surface area contributed by atoms with Crippen molar-refractivity contribution in [3.63, 3.8) is 0 Å². The normalized spacial score (nSPS) is 11.8. The molecule has 1 amide bonds. The van der Waals surface area contributed by atoms with E-state index in [0.717, 1.165) is 0 Å². The van der Waals surface area contributed by atoms with Crippen molar-refractivity contribution in [2.24, 2.45) is 0 Å². The second-order valence-corrected chi connectivity index (χ2v) is 7.85. The minimum absolute atomic E-state index is 0.191. The average molecular weight is 457 g/mol. The highest BCUT2D eigenvalue weighted by Gasteiger charge is 2.33. The summed E-state index contributed by atoms with van der Waals surface area (Å²) >= 11 is 0. The number of ketones is 1. The molecule has 1 heterocycles. The van der Waals surface area contributed by atoms with Gasteiger partial charge in [-0.2, -0.15) is 0 Å². The smallest absolute Gasteiger partial charge is 0.355 e. The van der Waals surface area contributed by atoms with Crippen molar-refractivity contribution in [1.82, 2.24) is 9.47 Å². The first-order valence-corrected chi connectivity index (χ1v) is 11.6. The largest absolute Gasteiger partial charge is 0.461 e. The summed E-state index contributed by atoms with van der Waals surface area (Å²) < 4.78 is 12.5. The van der Waals surface area contributed by atoms with Crippen LogP contribution in [0, 0.1) is 13.8 Å². The van der Waals surface area contributed by atoms with E-state index in [4.69, 9.17) is 9.47 Å². The number of rotatable bonds is 12. The number of nitrogens with zero attached hydrogens (tertiary/aromatic N) is 2. The molecule has 2 rings (SSSR count). The SMILES string of the molecule is CCOCCCN(C(=O)c1ccccc1)C(C)C(=O)c1c(C)c(C(=O)OCC)n(CC)c1C. The Labute approximate surface area is 196 Å². The Bertz CT molecular complexity index is 965. The molecule has 0 aliphatic carbocycles. The third-order valence-corrected chi connectivity index (χ3v) is 5.82. The Balaban J connectivity index is 2.43. The Hall–Kier alpha value is -2.93. The highest BCUT2D eigenvalue weighted by Crippen LogP contribution is 2.26. The molecular formula is C26H36N2O5. The number of carbonyl (C=O) groups excluding carboxylic acids is 3. The van der Waals surface area contributed by atoms with Crippen LogP contribution in [0.1, 0.15) is 76.6 Å². The van der Waals surface area contributed by atoms with Gasteiger partial charge < -0.3 is 18.9 Å². The number of hydrogen-bond donors (Lipinski definition) is 0. The molecule has 0 radical (unpaired) electrons. The van der Waals surface area contributed by atoms with Gasteiger partial charge in [-0.05, 0) is 65.7 Å². The fourth-order valence-corrected chi connectivity index (χ4v) is 4.17. The van der Waals surface area contributed by atoms with Gasteiger partial charge in [0.1, 0.15) is 5.69 Å². The zero-order chi connectivity index (χ0) is 24.5. The lowest BCUT2D eigenvalue weighted by atomic mass is 9.99. The van der Waals surface area contributed by atoms with Crippen LogP contribution in [0.5, 0.6) is 0 Å². The summed E-state index contributed by atoms with van der Waals surface area (Å²) in [5.41, 5.74) is 2.69. The summed E-state index contributed by atoms with van der Waals surface area (Å²) in [6.45, 7) is 13.2. The monoisotopic (exact) mass is 456 g/mol. The summed E-state index contributed by atoms with van der Waals surface area (Å²) in [5.74, 6) is -0.840. The number of esters is 1. The highest BCUT2D eigenvalue weighted by atomic mass is 16.5. The van der Waals surface area contributed by atoms with E-state index in [9.17, 15) is 14.4 Å². The van der Waals surface area contributed by atoms with E-state index in [1.807, 2.05) is 31.4 Å². The van der Waals surface area contributed by atoms with Gasteiger partial charge in [-0.1, -0.05) is 18.2 Å². The van der Waals surface area contributed by atoms with Gasteiger partial charge >= 0.3 is 5.97 Å².